The van der Waals surface area contributed by atoms with Crippen molar-refractivity contribution >= 4 is 17.2 Å². The van der Waals surface area contributed by atoms with Crippen molar-refractivity contribution in [3.05, 3.63) is 60.6 Å². The number of rotatable bonds is 5. The van der Waals surface area contributed by atoms with Crippen molar-refractivity contribution < 1.29 is 4.74 Å². The van der Waals surface area contributed by atoms with E-state index in [0.29, 0.717) is 11.7 Å². The first kappa shape index (κ1) is 18.4. The van der Waals surface area contributed by atoms with Crippen LogP contribution in [0, 0.1) is 5.92 Å². The van der Waals surface area contributed by atoms with Crippen LogP contribution < -0.4 is 15.4 Å². The summed E-state index contributed by atoms with van der Waals surface area (Å²) in [6.07, 6.45) is 5.64. The van der Waals surface area contributed by atoms with Gasteiger partial charge in [-0.2, -0.15) is 9.61 Å². The molecule has 4 aromatic rings. The molecule has 1 atom stereocenters. The Morgan fingerprint density at radius 2 is 2.03 bits per heavy atom. The fourth-order valence-electron chi connectivity index (χ4n) is 4.05. The fraction of sp³-hybridized carbons (Fsp3) is 0.273. The Morgan fingerprint density at radius 3 is 2.80 bits per heavy atom. The third-order valence-corrected chi connectivity index (χ3v) is 5.63. The van der Waals surface area contributed by atoms with Gasteiger partial charge >= 0.3 is 0 Å². The molecule has 152 valence electrons. The number of anilines is 2. The number of aromatic nitrogens is 5. The predicted octanol–water partition coefficient (Wildman–Crippen LogP) is 2.85. The van der Waals surface area contributed by atoms with E-state index in [1.165, 1.54) is 5.56 Å². The summed E-state index contributed by atoms with van der Waals surface area (Å²) in [5.74, 6) is 1.93. The Labute approximate surface area is 174 Å². The van der Waals surface area contributed by atoms with Crippen molar-refractivity contribution in [1.29, 1.82) is 0 Å². The molecule has 1 unspecified atom stereocenters. The maximum absolute atomic E-state index is 5.71. The fourth-order valence-corrected chi connectivity index (χ4v) is 4.05. The van der Waals surface area contributed by atoms with E-state index in [2.05, 4.69) is 32.2 Å². The zero-order chi connectivity index (χ0) is 20.5. The minimum absolute atomic E-state index is 0.552. The van der Waals surface area contributed by atoms with Crippen LogP contribution in [0.2, 0.25) is 0 Å². The number of methoxy groups -OCH3 is 1. The normalized spacial score (nSPS) is 16.3. The molecule has 0 bridgehead atoms. The van der Waals surface area contributed by atoms with Gasteiger partial charge in [0.25, 0.3) is 0 Å². The molecular formula is C22H23N7O. The average Bonchev–Trinajstić information content (AvgIpc) is 3.44. The van der Waals surface area contributed by atoms with E-state index < -0.39 is 0 Å². The van der Waals surface area contributed by atoms with Gasteiger partial charge in [-0.25, -0.2) is 4.98 Å². The summed E-state index contributed by atoms with van der Waals surface area (Å²) < 4.78 is 7.03. The van der Waals surface area contributed by atoms with Crippen molar-refractivity contribution in [2.24, 2.45) is 5.92 Å². The molecule has 1 aromatic carbocycles. The molecule has 0 saturated carbocycles. The van der Waals surface area contributed by atoms with Crippen LogP contribution in [0.25, 0.3) is 16.9 Å². The highest BCUT2D eigenvalue weighted by atomic mass is 16.5. The molecule has 0 aliphatic carbocycles. The summed E-state index contributed by atoms with van der Waals surface area (Å²) in [5.41, 5.74) is 10.7. The number of benzene rings is 1. The van der Waals surface area contributed by atoms with Crippen molar-refractivity contribution in [2.45, 2.75) is 12.8 Å². The molecule has 8 nitrogen and oxygen atoms in total. The Morgan fingerprint density at radius 1 is 1.17 bits per heavy atom. The number of nitrogen functional groups attached to an aromatic ring is 1. The number of pyridine rings is 1. The second kappa shape index (κ2) is 7.62. The zero-order valence-electron chi connectivity index (χ0n) is 16.8. The average molecular weight is 401 g/mol. The third kappa shape index (κ3) is 3.52. The van der Waals surface area contributed by atoms with E-state index in [0.717, 1.165) is 54.3 Å². The first-order chi connectivity index (χ1) is 14.7. The lowest BCUT2D eigenvalue weighted by Gasteiger charge is -2.20. The third-order valence-electron chi connectivity index (χ3n) is 5.63. The summed E-state index contributed by atoms with van der Waals surface area (Å²) in [6, 6.07) is 14.0. The van der Waals surface area contributed by atoms with Gasteiger partial charge in [0.2, 0.25) is 5.65 Å². The Bertz CT molecular complexity index is 1150. The Hall–Kier alpha value is -3.68. The standard InChI is InChI=1S/C22H23N7O/c1-30-18-5-3-17(4-6-18)19-11-20(22-26-25-14-29(22)27-19)28-9-8-16(13-28)10-15-2-7-21(23)24-12-15/h2-7,11-12,14,16H,8-10,13H2,1H3,(H2,23,24). The molecule has 5 rings (SSSR count). The van der Waals surface area contributed by atoms with Crippen LogP contribution in [0.15, 0.2) is 55.0 Å². The molecular weight excluding hydrogens is 378 g/mol. The molecule has 1 fully saturated rings. The van der Waals surface area contributed by atoms with Gasteiger partial charge in [-0.1, -0.05) is 6.07 Å². The number of ether oxygens (including phenoxy) is 1. The van der Waals surface area contributed by atoms with Crippen LogP contribution in [-0.4, -0.2) is 45.0 Å². The number of nitrogens with two attached hydrogens (primary N) is 1. The monoisotopic (exact) mass is 401 g/mol. The van der Waals surface area contributed by atoms with Crippen molar-refractivity contribution in [3.8, 4) is 17.0 Å². The van der Waals surface area contributed by atoms with E-state index in [9.17, 15) is 0 Å². The van der Waals surface area contributed by atoms with Crippen molar-refractivity contribution in [1.82, 2.24) is 24.8 Å². The summed E-state index contributed by atoms with van der Waals surface area (Å²) >= 11 is 0. The van der Waals surface area contributed by atoms with Gasteiger partial charge < -0.3 is 15.4 Å². The van der Waals surface area contributed by atoms with Gasteiger partial charge in [-0.05, 0) is 60.7 Å². The van der Waals surface area contributed by atoms with Gasteiger partial charge in [-0.3, -0.25) is 0 Å². The smallest absolute Gasteiger partial charge is 0.200 e. The maximum atomic E-state index is 5.71. The van der Waals surface area contributed by atoms with Crippen molar-refractivity contribution in [3.63, 3.8) is 0 Å². The Kier molecular flexibility index (Phi) is 4.66. The zero-order valence-corrected chi connectivity index (χ0v) is 16.8. The van der Waals surface area contributed by atoms with Crippen molar-refractivity contribution in [2.75, 3.05) is 30.8 Å². The first-order valence-corrected chi connectivity index (χ1v) is 10.0. The minimum atomic E-state index is 0.552. The quantitative estimate of drug-likeness (QED) is 0.549. The van der Waals surface area contributed by atoms with Crippen LogP contribution in [0.4, 0.5) is 11.5 Å². The van der Waals surface area contributed by atoms with E-state index >= 15 is 0 Å². The second-order valence-electron chi connectivity index (χ2n) is 7.64. The predicted molar refractivity (Wildman–Crippen MR) is 115 cm³/mol. The van der Waals surface area contributed by atoms with E-state index in [-0.39, 0.29) is 0 Å². The molecule has 3 aromatic heterocycles. The van der Waals surface area contributed by atoms with Gasteiger partial charge in [0.1, 0.15) is 17.9 Å². The highest BCUT2D eigenvalue weighted by Gasteiger charge is 2.26. The summed E-state index contributed by atoms with van der Waals surface area (Å²) in [7, 11) is 1.67. The number of fused-ring (bicyclic) bond motifs is 1. The van der Waals surface area contributed by atoms with Gasteiger partial charge in [0.05, 0.1) is 18.5 Å². The first-order valence-electron chi connectivity index (χ1n) is 10.0. The topological polar surface area (TPSA) is 94.5 Å². The molecule has 8 heteroatoms. The van der Waals surface area contributed by atoms with Crippen LogP contribution >= 0.6 is 0 Å². The number of hydrogen-bond acceptors (Lipinski definition) is 7. The highest BCUT2D eigenvalue weighted by Crippen LogP contribution is 2.31. The summed E-state index contributed by atoms with van der Waals surface area (Å²) in [5, 5.41) is 13.1. The maximum Gasteiger partial charge on any atom is 0.200 e. The van der Waals surface area contributed by atoms with Crippen LogP contribution in [0.5, 0.6) is 5.75 Å². The second-order valence-corrected chi connectivity index (χ2v) is 7.64. The molecule has 1 aliphatic rings. The van der Waals surface area contributed by atoms with Gasteiger partial charge in [0, 0.05) is 24.8 Å². The SMILES string of the molecule is COc1ccc(-c2cc(N3CCC(Cc4ccc(N)nc4)C3)c3nncn3n2)cc1. The molecule has 1 saturated heterocycles. The van der Waals surface area contributed by atoms with E-state index in [1.54, 1.807) is 18.0 Å². The molecule has 30 heavy (non-hydrogen) atoms. The lowest BCUT2D eigenvalue weighted by molar-refractivity contribution is 0.415. The highest BCUT2D eigenvalue weighted by molar-refractivity contribution is 5.74. The summed E-state index contributed by atoms with van der Waals surface area (Å²) in [4.78, 5) is 6.60. The minimum Gasteiger partial charge on any atom is -0.497 e. The van der Waals surface area contributed by atoms with Gasteiger partial charge in [0.15, 0.2) is 0 Å². The van der Waals surface area contributed by atoms with E-state index in [1.807, 2.05) is 36.5 Å². The number of nitrogens with zero attached hydrogens (tertiary/aromatic N) is 6. The molecule has 0 amide bonds. The lowest BCUT2D eigenvalue weighted by Crippen LogP contribution is -2.21. The van der Waals surface area contributed by atoms with Gasteiger partial charge in [-0.15, -0.1) is 10.2 Å². The molecule has 4 heterocycles. The number of hydrogen-bond donors (Lipinski definition) is 1. The van der Waals surface area contributed by atoms with Crippen LogP contribution in [0.3, 0.4) is 0 Å². The van der Waals surface area contributed by atoms with E-state index in [4.69, 9.17) is 15.6 Å². The lowest BCUT2D eigenvalue weighted by atomic mass is 10.00. The summed E-state index contributed by atoms with van der Waals surface area (Å²) in [6.45, 7) is 1.93. The molecule has 0 spiro atoms. The van der Waals surface area contributed by atoms with Crippen LogP contribution in [-0.2, 0) is 6.42 Å². The molecule has 2 N–H and O–H groups in total. The largest absolute Gasteiger partial charge is 0.497 e. The van der Waals surface area contributed by atoms with Crippen LogP contribution in [0.1, 0.15) is 12.0 Å². The molecule has 1 aliphatic heterocycles. The molecule has 0 radical (unpaired) electrons. The Balaban J connectivity index is 1.42.